The molecule has 126 valence electrons. The molecule has 0 aromatic heterocycles. The molecule has 0 spiro atoms. The zero-order chi connectivity index (χ0) is 17.5. The molecule has 0 aliphatic carbocycles. The fraction of sp³-hybridized carbons (Fsp3) is 0.222. The van der Waals surface area contributed by atoms with Gasteiger partial charge < -0.3 is 9.84 Å². The second-order valence-corrected chi connectivity index (χ2v) is 6.09. The average Bonchev–Trinajstić information content (AvgIpc) is 2.54. The number of nitrogens with one attached hydrogen (secondary N) is 1. The van der Waals surface area contributed by atoms with Crippen LogP contribution in [0.4, 0.5) is 0 Å². The summed E-state index contributed by atoms with van der Waals surface area (Å²) in [6, 6.07) is 11.1. The highest BCUT2D eigenvalue weighted by Gasteiger charge is 2.08. The highest BCUT2D eigenvalue weighted by molar-refractivity contribution is 9.10. The summed E-state index contributed by atoms with van der Waals surface area (Å²) in [5, 5.41) is 13.8. The number of hydrazone groups is 1. The SMILES string of the molecule is CCOc1cc(/C=N/NC(=O)Cc2ccc(C)cc2)cc(Br)c1O. The first kappa shape index (κ1) is 18.0. The van der Waals surface area contributed by atoms with Gasteiger partial charge in [-0.05, 0) is 53.0 Å². The Kier molecular flexibility index (Phi) is 6.37. The number of phenolic OH excluding ortho intramolecular Hbond substituents is 1. The van der Waals surface area contributed by atoms with E-state index >= 15 is 0 Å². The van der Waals surface area contributed by atoms with Gasteiger partial charge in [0.2, 0.25) is 5.91 Å². The number of hydrogen-bond donors (Lipinski definition) is 2. The number of hydrogen-bond acceptors (Lipinski definition) is 4. The van der Waals surface area contributed by atoms with E-state index in [1.165, 1.54) is 6.21 Å². The van der Waals surface area contributed by atoms with Crippen LogP contribution in [0.3, 0.4) is 0 Å². The van der Waals surface area contributed by atoms with Crippen LogP contribution in [0.1, 0.15) is 23.6 Å². The van der Waals surface area contributed by atoms with E-state index in [9.17, 15) is 9.90 Å². The van der Waals surface area contributed by atoms with Crippen molar-refractivity contribution in [2.24, 2.45) is 5.10 Å². The molecule has 0 aliphatic rings. The highest BCUT2D eigenvalue weighted by Crippen LogP contribution is 2.34. The molecular formula is C18H19BrN2O3. The molecule has 0 saturated heterocycles. The fourth-order valence-electron chi connectivity index (χ4n) is 2.04. The van der Waals surface area contributed by atoms with Gasteiger partial charge in [-0.15, -0.1) is 0 Å². The maximum atomic E-state index is 11.9. The Hall–Kier alpha value is -2.34. The summed E-state index contributed by atoms with van der Waals surface area (Å²) in [5.74, 6) is 0.203. The van der Waals surface area contributed by atoms with Gasteiger partial charge in [-0.2, -0.15) is 5.10 Å². The number of ether oxygens (including phenoxy) is 1. The smallest absolute Gasteiger partial charge is 0.244 e. The van der Waals surface area contributed by atoms with E-state index in [2.05, 4.69) is 26.5 Å². The zero-order valence-corrected chi connectivity index (χ0v) is 15.1. The Bertz CT molecular complexity index is 743. The van der Waals surface area contributed by atoms with Crippen molar-refractivity contribution in [3.63, 3.8) is 0 Å². The third kappa shape index (κ3) is 5.09. The molecular weight excluding hydrogens is 372 g/mol. The number of halogens is 1. The van der Waals surface area contributed by atoms with Crippen LogP contribution in [0.15, 0.2) is 46.0 Å². The first-order chi connectivity index (χ1) is 11.5. The van der Waals surface area contributed by atoms with E-state index in [-0.39, 0.29) is 18.1 Å². The Balaban J connectivity index is 1.98. The molecule has 0 fully saturated rings. The molecule has 6 heteroatoms. The van der Waals surface area contributed by atoms with Gasteiger partial charge in [0.1, 0.15) is 0 Å². The third-order valence-corrected chi connectivity index (χ3v) is 3.84. The van der Waals surface area contributed by atoms with E-state index < -0.39 is 0 Å². The molecule has 0 saturated carbocycles. The largest absolute Gasteiger partial charge is 0.503 e. The van der Waals surface area contributed by atoms with Gasteiger partial charge in [0.25, 0.3) is 0 Å². The molecule has 0 bridgehead atoms. The van der Waals surface area contributed by atoms with Crippen molar-refractivity contribution in [2.75, 3.05) is 6.61 Å². The lowest BCUT2D eigenvalue weighted by molar-refractivity contribution is -0.120. The molecule has 0 aliphatic heterocycles. The molecule has 2 aromatic rings. The van der Waals surface area contributed by atoms with E-state index in [1.54, 1.807) is 12.1 Å². The monoisotopic (exact) mass is 390 g/mol. The van der Waals surface area contributed by atoms with Crippen molar-refractivity contribution in [2.45, 2.75) is 20.3 Å². The summed E-state index contributed by atoms with van der Waals surface area (Å²) < 4.78 is 5.85. The second-order valence-electron chi connectivity index (χ2n) is 5.24. The zero-order valence-electron chi connectivity index (χ0n) is 13.5. The summed E-state index contributed by atoms with van der Waals surface area (Å²) in [6.07, 6.45) is 1.76. The van der Waals surface area contributed by atoms with Gasteiger partial charge in [0.05, 0.1) is 23.7 Å². The van der Waals surface area contributed by atoms with Crippen molar-refractivity contribution >= 4 is 28.1 Å². The topological polar surface area (TPSA) is 70.9 Å². The number of benzene rings is 2. The highest BCUT2D eigenvalue weighted by atomic mass is 79.9. The lowest BCUT2D eigenvalue weighted by Gasteiger charge is -2.08. The van der Waals surface area contributed by atoms with Crippen molar-refractivity contribution in [3.05, 3.63) is 57.6 Å². The summed E-state index contributed by atoms with van der Waals surface area (Å²) in [6.45, 7) is 4.27. The predicted octanol–water partition coefficient (Wildman–Crippen LogP) is 3.55. The van der Waals surface area contributed by atoms with Crippen LogP contribution in [0, 0.1) is 6.92 Å². The van der Waals surface area contributed by atoms with Crippen LogP contribution in [-0.2, 0) is 11.2 Å². The maximum absolute atomic E-state index is 11.9. The third-order valence-electron chi connectivity index (χ3n) is 3.24. The van der Waals surface area contributed by atoms with Crippen molar-refractivity contribution in [1.82, 2.24) is 5.43 Å². The molecule has 2 rings (SSSR count). The minimum Gasteiger partial charge on any atom is -0.503 e. The maximum Gasteiger partial charge on any atom is 0.244 e. The first-order valence-corrected chi connectivity index (χ1v) is 8.31. The van der Waals surface area contributed by atoms with Crippen LogP contribution in [0.25, 0.3) is 0 Å². The van der Waals surface area contributed by atoms with Crippen LogP contribution in [-0.4, -0.2) is 23.8 Å². The van der Waals surface area contributed by atoms with E-state index in [0.29, 0.717) is 22.4 Å². The fourth-order valence-corrected chi connectivity index (χ4v) is 2.50. The van der Waals surface area contributed by atoms with E-state index in [1.807, 2.05) is 38.1 Å². The number of aromatic hydroxyl groups is 1. The Morgan fingerprint density at radius 1 is 1.33 bits per heavy atom. The second kappa shape index (κ2) is 8.49. The van der Waals surface area contributed by atoms with Crippen LogP contribution >= 0.6 is 15.9 Å². The molecule has 5 nitrogen and oxygen atoms in total. The molecule has 1 amide bonds. The molecule has 2 aromatic carbocycles. The van der Waals surface area contributed by atoms with Crippen LogP contribution in [0.2, 0.25) is 0 Å². The van der Waals surface area contributed by atoms with Gasteiger partial charge in [-0.1, -0.05) is 29.8 Å². The van der Waals surface area contributed by atoms with E-state index in [4.69, 9.17) is 4.74 Å². The van der Waals surface area contributed by atoms with Crippen LogP contribution < -0.4 is 10.2 Å². The molecule has 0 radical (unpaired) electrons. The molecule has 0 heterocycles. The quantitative estimate of drug-likeness (QED) is 0.585. The van der Waals surface area contributed by atoms with Gasteiger partial charge in [-0.25, -0.2) is 5.43 Å². The predicted molar refractivity (Wildman–Crippen MR) is 97.6 cm³/mol. The van der Waals surface area contributed by atoms with Crippen molar-refractivity contribution < 1.29 is 14.6 Å². The average molecular weight is 391 g/mol. The molecule has 2 N–H and O–H groups in total. The molecule has 24 heavy (non-hydrogen) atoms. The van der Waals surface area contributed by atoms with Crippen molar-refractivity contribution in [3.8, 4) is 11.5 Å². The number of amides is 1. The molecule has 0 atom stereocenters. The number of phenols is 1. The van der Waals surface area contributed by atoms with Gasteiger partial charge in [0, 0.05) is 0 Å². The van der Waals surface area contributed by atoms with Gasteiger partial charge in [-0.3, -0.25) is 4.79 Å². The van der Waals surface area contributed by atoms with Crippen molar-refractivity contribution in [1.29, 1.82) is 0 Å². The minimum atomic E-state index is -0.196. The Morgan fingerprint density at radius 3 is 2.71 bits per heavy atom. The number of rotatable bonds is 6. The van der Waals surface area contributed by atoms with E-state index in [0.717, 1.165) is 11.1 Å². The first-order valence-electron chi connectivity index (χ1n) is 7.52. The summed E-state index contributed by atoms with van der Waals surface area (Å²) in [5.41, 5.74) is 5.27. The van der Waals surface area contributed by atoms with Crippen LogP contribution in [0.5, 0.6) is 11.5 Å². The molecule has 0 unspecified atom stereocenters. The summed E-state index contributed by atoms with van der Waals surface area (Å²) in [7, 11) is 0. The Labute approximate surface area is 149 Å². The van der Waals surface area contributed by atoms with Gasteiger partial charge in [0.15, 0.2) is 11.5 Å². The summed E-state index contributed by atoms with van der Waals surface area (Å²) in [4.78, 5) is 11.9. The number of nitrogens with zero attached hydrogens (tertiary/aromatic N) is 1. The number of carbonyl (C=O) groups is 1. The normalized spacial score (nSPS) is 10.8. The lowest BCUT2D eigenvalue weighted by atomic mass is 10.1. The minimum absolute atomic E-state index is 0.0393. The standard InChI is InChI=1S/C18H19BrN2O3/c1-3-24-16-9-14(8-15(19)18(16)23)11-20-21-17(22)10-13-6-4-12(2)5-7-13/h4-9,11,23H,3,10H2,1-2H3,(H,21,22)/b20-11+. The number of aryl methyl sites for hydroxylation is 1. The number of carbonyl (C=O) groups excluding carboxylic acids is 1. The van der Waals surface area contributed by atoms with Gasteiger partial charge >= 0.3 is 0 Å². The summed E-state index contributed by atoms with van der Waals surface area (Å²) >= 11 is 3.26. The lowest BCUT2D eigenvalue weighted by Crippen LogP contribution is -2.19. The Morgan fingerprint density at radius 2 is 2.04 bits per heavy atom.